The van der Waals surface area contributed by atoms with Crippen LogP contribution in [0.3, 0.4) is 0 Å². The highest BCUT2D eigenvalue weighted by Crippen LogP contribution is 2.33. The molecule has 2 aromatic rings. The third-order valence-electron chi connectivity index (χ3n) is 4.31. The molecular weight excluding hydrogens is 404 g/mol. The lowest BCUT2D eigenvalue weighted by Crippen LogP contribution is -2.45. The number of benzene rings is 2. The summed E-state index contributed by atoms with van der Waals surface area (Å²) in [6, 6.07) is 8.93. The first-order chi connectivity index (χ1) is 13.2. The van der Waals surface area contributed by atoms with Gasteiger partial charge in [-0.05, 0) is 43.7 Å². The highest BCUT2D eigenvalue weighted by Gasteiger charge is 2.30. The summed E-state index contributed by atoms with van der Waals surface area (Å²) in [6.07, 6.45) is 1.06. The van der Waals surface area contributed by atoms with Gasteiger partial charge in [0.05, 0.1) is 11.9 Å². The Balaban J connectivity index is 1.88. The third kappa shape index (κ3) is 4.34. The van der Waals surface area contributed by atoms with Crippen LogP contribution >= 0.6 is 11.6 Å². The Hall–Kier alpha value is -2.45. The fourth-order valence-electron chi connectivity index (χ4n) is 2.97. The molecule has 2 aromatic carbocycles. The van der Waals surface area contributed by atoms with Crippen molar-refractivity contribution in [3.05, 3.63) is 47.0 Å². The zero-order valence-electron chi connectivity index (χ0n) is 15.7. The number of anilines is 2. The summed E-state index contributed by atoms with van der Waals surface area (Å²) in [7, 11) is -3.74. The summed E-state index contributed by atoms with van der Waals surface area (Å²) in [5, 5.41) is 3.12. The average molecular weight is 425 g/mol. The van der Waals surface area contributed by atoms with E-state index in [1.807, 2.05) is 0 Å². The smallest absolute Gasteiger partial charge is 0.247 e. The molecule has 0 aromatic heterocycles. The van der Waals surface area contributed by atoms with Gasteiger partial charge >= 0.3 is 0 Å². The number of aryl methyl sites for hydroxylation is 1. The second kappa shape index (κ2) is 7.89. The molecule has 1 N–H and O–H groups in total. The summed E-state index contributed by atoms with van der Waals surface area (Å²) in [5.74, 6) is 0.647. The summed E-state index contributed by atoms with van der Waals surface area (Å²) < 4.78 is 36.9. The van der Waals surface area contributed by atoms with Crippen molar-refractivity contribution in [1.82, 2.24) is 0 Å². The van der Waals surface area contributed by atoms with Crippen molar-refractivity contribution in [3.8, 4) is 11.5 Å². The standard InChI is InChI=1S/C19H21ClN2O5S/c1-12-4-5-14(20)10-16(12)22(28(3,24)25)13(2)19(23)21-15-6-7-17-18(11-15)27-9-8-26-17/h4-7,10-11,13H,8-9H2,1-3H3,(H,21,23)/t13-/m0/s1. The van der Waals surface area contributed by atoms with Gasteiger partial charge in [-0.15, -0.1) is 0 Å². The molecule has 1 aliphatic rings. The monoisotopic (exact) mass is 424 g/mol. The summed E-state index contributed by atoms with van der Waals surface area (Å²) in [6.45, 7) is 4.18. The molecule has 0 aliphatic carbocycles. The predicted molar refractivity (Wildman–Crippen MR) is 109 cm³/mol. The Bertz CT molecular complexity index is 1010. The average Bonchev–Trinajstić information content (AvgIpc) is 2.63. The molecular formula is C19H21ClN2O5S. The molecule has 1 heterocycles. The first-order valence-electron chi connectivity index (χ1n) is 8.63. The predicted octanol–water partition coefficient (Wildman–Crippen LogP) is 3.21. The second-order valence-electron chi connectivity index (χ2n) is 6.51. The molecule has 0 spiro atoms. The number of fused-ring (bicyclic) bond motifs is 1. The topological polar surface area (TPSA) is 84.9 Å². The number of hydrogen-bond acceptors (Lipinski definition) is 5. The normalized spacial score (nSPS) is 14.3. The fraction of sp³-hybridized carbons (Fsp3) is 0.316. The Morgan fingerprint density at radius 3 is 2.50 bits per heavy atom. The molecule has 1 atom stereocenters. The van der Waals surface area contributed by atoms with E-state index in [4.69, 9.17) is 21.1 Å². The van der Waals surface area contributed by atoms with Crippen molar-refractivity contribution < 1.29 is 22.7 Å². The van der Waals surface area contributed by atoms with Gasteiger partial charge in [-0.2, -0.15) is 0 Å². The molecule has 0 bridgehead atoms. The molecule has 0 radical (unpaired) electrons. The number of hydrogen-bond donors (Lipinski definition) is 1. The van der Waals surface area contributed by atoms with Crippen LogP contribution in [0.25, 0.3) is 0 Å². The van der Waals surface area contributed by atoms with Crippen LogP contribution < -0.4 is 19.1 Å². The molecule has 9 heteroatoms. The molecule has 0 fully saturated rings. The number of ether oxygens (including phenoxy) is 2. The van der Waals surface area contributed by atoms with Gasteiger partial charge in [0.2, 0.25) is 15.9 Å². The zero-order valence-corrected chi connectivity index (χ0v) is 17.3. The van der Waals surface area contributed by atoms with Gasteiger partial charge in [-0.1, -0.05) is 17.7 Å². The second-order valence-corrected chi connectivity index (χ2v) is 8.81. The Morgan fingerprint density at radius 1 is 1.14 bits per heavy atom. The van der Waals surface area contributed by atoms with E-state index in [-0.39, 0.29) is 0 Å². The number of halogens is 1. The number of rotatable bonds is 5. The minimum Gasteiger partial charge on any atom is -0.486 e. The summed E-state index contributed by atoms with van der Waals surface area (Å²) in [5.41, 5.74) is 1.53. The van der Waals surface area contributed by atoms with E-state index in [0.29, 0.717) is 46.7 Å². The third-order valence-corrected chi connectivity index (χ3v) is 5.77. The van der Waals surface area contributed by atoms with Gasteiger partial charge in [-0.3, -0.25) is 9.10 Å². The minimum atomic E-state index is -3.74. The molecule has 0 saturated heterocycles. The van der Waals surface area contributed by atoms with Gasteiger partial charge in [0, 0.05) is 16.8 Å². The number of sulfonamides is 1. The Kier molecular flexibility index (Phi) is 5.71. The van der Waals surface area contributed by atoms with Gasteiger partial charge < -0.3 is 14.8 Å². The van der Waals surface area contributed by atoms with Crippen LogP contribution in [0.15, 0.2) is 36.4 Å². The Labute approximate surface area is 169 Å². The van der Waals surface area contributed by atoms with Crippen LogP contribution in [0.4, 0.5) is 11.4 Å². The zero-order chi connectivity index (χ0) is 20.5. The van der Waals surface area contributed by atoms with Crippen molar-refractivity contribution in [2.45, 2.75) is 19.9 Å². The minimum absolute atomic E-state index is 0.361. The van der Waals surface area contributed by atoms with E-state index < -0.39 is 22.0 Å². The van der Waals surface area contributed by atoms with Crippen molar-refractivity contribution in [3.63, 3.8) is 0 Å². The quantitative estimate of drug-likeness (QED) is 0.796. The van der Waals surface area contributed by atoms with Crippen molar-refractivity contribution >= 4 is 38.9 Å². The van der Waals surface area contributed by atoms with Crippen LogP contribution in [0.2, 0.25) is 5.02 Å². The molecule has 1 aliphatic heterocycles. The first kappa shape index (κ1) is 20.3. The van der Waals surface area contributed by atoms with Crippen LogP contribution in [0.1, 0.15) is 12.5 Å². The van der Waals surface area contributed by atoms with E-state index in [0.717, 1.165) is 10.6 Å². The molecule has 0 saturated carbocycles. The van der Waals surface area contributed by atoms with Crippen molar-refractivity contribution in [2.24, 2.45) is 0 Å². The molecule has 0 unspecified atom stereocenters. The number of amides is 1. The number of nitrogens with one attached hydrogen (secondary N) is 1. The first-order valence-corrected chi connectivity index (χ1v) is 10.9. The van der Waals surface area contributed by atoms with Crippen molar-refractivity contribution in [2.75, 3.05) is 29.1 Å². The highest BCUT2D eigenvalue weighted by molar-refractivity contribution is 7.92. The number of nitrogens with zero attached hydrogens (tertiary/aromatic N) is 1. The van der Waals surface area contributed by atoms with Gasteiger partial charge in [-0.25, -0.2) is 8.42 Å². The highest BCUT2D eigenvalue weighted by atomic mass is 35.5. The van der Waals surface area contributed by atoms with Gasteiger partial charge in [0.1, 0.15) is 19.3 Å². The van der Waals surface area contributed by atoms with E-state index in [9.17, 15) is 13.2 Å². The number of carbonyl (C=O) groups excluding carboxylic acids is 1. The molecule has 7 nitrogen and oxygen atoms in total. The largest absolute Gasteiger partial charge is 0.486 e. The summed E-state index contributed by atoms with van der Waals surface area (Å²) >= 11 is 6.04. The van der Waals surface area contributed by atoms with Gasteiger partial charge in [0.25, 0.3) is 0 Å². The van der Waals surface area contributed by atoms with E-state index in [1.165, 1.54) is 13.0 Å². The van der Waals surface area contributed by atoms with E-state index in [2.05, 4.69) is 5.32 Å². The maximum Gasteiger partial charge on any atom is 0.247 e. The van der Waals surface area contributed by atoms with E-state index >= 15 is 0 Å². The van der Waals surface area contributed by atoms with Crippen LogP contribution in [0, 0.1) is 6.92 Å². The van der Waals surface area contributed by atoms with Crippen LogP contribution in [-0.4, -0.2) is 39.8 Å². The molecule has 150 valence electrons. The fourth-order valence-corrected chi connectivity index (χ4v) is 4.36. The number of carbonyl (C=O) groups is 1. The van der Waals surface area contributed by atoms with Gasteiger partial charge in [0.15, 0.2) is 11.5 Å². The summed E-state index contributed by atoms with van der Waals surface area (Å²) in [4.78, 5) is 12.8. The molecule has 1 amide bonds. The molecule has 3 rings (SSSR count). The maximum atomic E-state index is 12.8. The van der Waals surface area contributed by atoms with Crippen LogP contribution in [0.5, 0.6) is 11.5 Å². The van der Waals surface area contributed by atoms with Crippen LogP contribution in [-0.2, 0) is 14.8 Å². The molecule has 28 heavy (non-hydrogen) atoms. The van der Waals surface area contributed by atoms with E-state index in [1.54, 1.807) is 37.3 Å². The lowest BCUT2D eigenvalue weighted by molar-refractivity contribution is -0.116. The van der Waals surface area contributed by atoms with Crippen molar-refractivity contribution in [1.29, 1.82) is 0 Å². The lowest BCUT2D eigenvalue weighted by Gasteiger charge is -2.29. The Morgan fingerprint density at radius 2 is 1.82 bits per heavy atom. The lowest BCUT2D eigenvalue weighted by atomic mass is 10.1. The maximum absolute atomic E-state index is 12.8. The SMILES string of the molecule is Cc1ccc(Cl)cc1N([C@@H](C)C(=O)Nc1ccc2c(c1)OCCO2)S(C)(=O)=O.